The fraction of sp³-hybridized carbons (Fsp3) is 0.875. The summed E-state index contributed by atoms with van der Waals surface area (Å²) >= 11 is 0. The zero-order valence-corrected chi connectivity index (χ0v) is 9.80. The molecule has 0 saturated heterocycles. The Bertz CT molecular complexity index is 309. The first kappa shape index (κ1) is 14.3. The molecule has 7 heteroatoms. The molecule has 0 saturated carbocycles. The Morgan fingerprint density at radius 3 is 2.13 bits per heavy atom. The van der Waals surface area contributed by atoms with Crippen LogP contribution >= 0.6 is 0 Å². The minimum atomic E-state index is -3.54. The van der Waals surface area contributed by atoms with Gasteiger partial charge >= 0.3 is 5.97 Å². The number of rotatable bonds is 7. The van der Waals surface area contributed by atoms with Crippen molar-refractivity contribution in [1.82, 2.24) is 5.32 Å². The summed E-state index contributed by atoms with van der Waals surface area (Å²) in [4.78, 5) is 11.0. The van der Waals surface area contributed by atoms with Crippen LogP contribution < -0.4 is 10.5 Å². The Balaban J connectivity index is 4.38. The lowest BCUT2D eigenvalue weighted by molar-refractivity contribution is -0.145. The normalized spacial score (nSPS) is 12.7. The number of hydrogen-bond donors (Lipinski definition) is 3. The third-order valence-electron chi connectivity index (χ3n) is 2.47. The number of carboxylic acid groups (broad SMARTS) is 1. The van der Waals surface area contributed by atoms with Crippen molar-refractivity contribution in [2.45, 2.75) is 32.2 Å². The molecule has 0 amide bonds. The van der Waals surface area contributed by atoms with Gasteiger partial charge in [0.15, 0.2) is 0 Å². The van der Waals surface area contributed by atoms with Gasteiger partial charge in [0, 0.05) is 6.54 Å². The van der Waals surface area contributed by atoms with Gasteiger partial charge in [0.1, 0.15) is 5.54 Å². The highest BCUT2D eigenvalue weighted by atomic mass is 32.2. The first-order valence-corrected chi connectivity index (χ1v) is 6.48. The molecule has 0 rings (SSSR count). The molecule has 4 N–H and O–H groups in total. The van der Waals surface area contributed by atoms with E-state index in [0.29, 0.717) is 12.8 Å². The number of carboxylic acids is 1. The van der Waals surface area contributed by atoms with E-state index in [0.717, 1.165) is 0 Å². The third-order valence-corrected chi connectivity index (χ3v) is 3.24. The van der Waals surface area contributed by atoms with Crippen LogP contribution in [0, 0.1) is 0 Å². The highest BCUT2D eigenvalue weighted by Crippen LogP contribution is 2.14. The zero-order valence-electron chi connectivity index (χ0n) is 8.99. The summed E-state index contributed by atoms with van der Waals surface area (Å²) in [5, 5.41) is 16.5. The van der Waals surface area contributed by atoms with E-state index < -0.39 is 21.5 Å². The molecule has 0 aliphatic rings. The van der Waals surface area contributed by atoms with E-state index in [9.17, 15) is 13.2 Å². The van der Waals surface area contributed by atoms with E-state index in [-0.39, 0.29) is 12.3 Å². The highest BCUT2D eigenvalue weighted by Gasteiger charge is 2.33. The van der Waals surface area contributed by atoms with E-state index in [1.165, 1.54) is 0 Å². The maximum Gasteiger partial charge on any atom is 0.323 e. The van der Waals surface area contributed by atoms with Crippen molar-refractivity contribution in [2.75, 3.05) is 12.3 Å². The molecule has 0 unspecified atom stereocenters. The summed E-state index contributed by atoms with van der Waals surface area (Å²) in [7, 11) is -3.54. The summed E-state index contributed by atoms with van der Waals surface area (Å²) in [6, 6.07) is 0. The number of hydrogen-bond acceptors (Lipinski definition) is 4. The second-order valence-electron chi connectivity index (χ2n) is 3.39. The lowest BCUT2D eigenvalue weighted by Crippen LogP contribution is -2.52. The second kappa shape index (κ2) is 5.43. The molecule has 0 heterocycles. The summed E-state index contributed by atoms with van der Waals surface area (Å²) in [6.07, 6.45) is 0.785. The topological polar surface area (TPSA) is 109 Å². The smallest absolute Gasteiger partial charge is 0.323 e. The number of carbonyl (C=O) groups is 1. The Morgan fingerprint density at radius 2 is 1.87 bits per heavy atom. The molecule has 0 aliphatic carbocycles. The molecule has 90 valence electrons. The monoisotopic (exact) mass is 238 g/mol. The Hall–Kier alpha value is -0.660. The van der Waals surface area contributed by atoms with Gasteiger partial charge in [-0.15, -0.1) is 0 Å². The van der Waals surface area contributed by atoms with Crippen molar-refractivity contribution in [3.8, 4) is 0 Å². The van der Waals surface area contributed by atoms with E-state index in [1.807, 2.05) is 0 Å². The molecular weight excluding hydrogens is 220 g/mol. The van der Waals surface area contributed by atoms with Crippen molar-refractivity contribution in [3.05, 3.63) is 0 Å². The van der Waals surface area contributed by atoms with Crippen LogP contribution in [0.15, 0.2) is 0 Å². The van der Waals surface area contributed by atoms with Crippen LogP contribution in [0.25, 0.3) is 0 Å². The van der Waals surface area contributed by atoms with Crippen molar-refractivity contribution in [1.29, 1.82) is 0 Å². The average molecular weight is 238 g/mol. The van der Waals surface area contributed by atoms with E-state index >= 15 is 0 Å². The molecule has 0 spiro atoms. The number of nitrogens with two attached hydrogens (primary N) is 1. The van der Waals surface area contributed by atoms with Gasteiger partial charge in [-0.1, -0.05) is 13.8 Å². The molecule has 15 heavy (non-hydrogen) atoms. The van der Waals surface area contributed by atoms with Gasteiger partial charge in [-0.3, -0.25) is 4.79 Å². The molecule has 0 fully saturated rings. The van der Waals surface area contributed by atoms with Crippen LogP contribution in [-0.4, -0.2) is 37.3 Å². The van der Waals surface area contributed by atoms with Crippen LogP contribution in [-0.2, 0) is 14.8 Å². The molecule has 0 aromatic carbocycles. The van der Waals surface area contributed by atoms with Gasteiger partial charge in [-0.2, -0.15) is 0 Å². The largest absolute Gasteiger partial charge is 0.480 e. The summed E-state index contributed by atoms with van der Waals surface area (Å²) in [5.74, 6) is -1.23. The SMILES string of the molecule is CCC(CC)(NCCS(N)(=O)=O)C(=O)O. The molecule has 0 bridgehead atoms. The van der Waals surface area contributed by atoms with Gasteiger partial charge in [-0.25, -0.2) is 13.6 Å². The zero-order chi connectivity index (χ0) is 12.1. The van der Waals surface area contributed by atoms with Crippen molar-refractivity contribution in [2.24, 2.45) is 5.14 Å². The molecule has 0 radical (unpaired) electrons. The van der Waals surface area contributed by atoms with Crippen molar-refractivity contribution >= 4 is 16.0 Å². The fourth-order valence-electron chi connectivity index (χ4n) is 1.31. The van der Waals surface area contributed by atoms with Gasteiger partial charge in [0.2, 0.25) is 10.0 Å². The van der Waals surface area contributed by atoms with Crippen LogP contribution in [0.1, 0.15) is 26.7 Å². The number of sulfonamides is 1. The molecule has 0 aromatic rings. The standard InChI is InChI=1S/C8H18N2O4S/c1-3-8(4-2,7(11)12)10-5-6-15(9,13)14/h10H,3-6H2,1-2H3,(H,11,12)(H2,9,13,14). The number of primary sulfonamides is 1. The Morgan fingerprint density at radius 1 is 1.40 bits per heavy atom. The molecule has 0 aromatic heterocycles. The van der Waals surface area contributed by atoms with E-state index in [4.69, 9.17) is 10.2 Å². The van der Waals surface area contributed by atoms with Crippen LogP contribution in [0.3, 0.4) is 0 Å². The Labute approximate surface area is 89.9 Å². The predicted molar refractivity (Wildman–Crippen MR) is 56.9 cm³/mol. The number of aliphatic carboxylic acids is 1. The summed E-state index contributed by atoms with van der Waals surface area (Å²) < 4.78 is 21.3. The molecule has 0 aliphatic heterocycles. The maximum atomic E-state index is 11.0. The lowest BCUT2D eigenvalue weighted by Gasteiger charge is -2.27. The molecular formula is C8H18N2O4S. The quantitative estimate of drug-likeness (QED) is 0.554. The molecule has 6 nitrogen and oxygen atoms in total. The minimum Gasteiger partial charge on any atom is -0.480 e. The van der Waals surface area contributed by atoms with Gasteiger partial charge in [0.05, 0.1) is 5.75 Å². The van der Waals surface area contributed by atoms with Crippen molar-refractivity contribution < 1.29 is 18.3 Å². The van der Waals surface area contributed by atoms with E-state index in [2.05, 4.69) is 5.32 Å². The first-order chi connectivity index (χ1) is 6.77. The highest BCUT2D eigenvalue weighted by molar-refractivity contribution is 7.89. The fourth-order valence-corrected chi connectivity index (χ4v) is 1.70. The van der Waals surface area contributed by atoms with Gasteiger partial charge < -0.3 is 10.4 Å². The van der Waals surface area contributed by atoms with Gasteiger partial charge in [-0.05, 0) is 12.8 Å². The van der Waals surface area contributed by atoms with E-state index in [1.54, 1.807) is 13.8 Å². The summed E-state index contributed by atoms with van der Waals surface area (Å²) in [6.45, 7) is 3.52. The van der Waals surface area contributed by atoms with Crippen LogP contribution in [0.5, 0.6) is 0 Å². The number of nitrogens with one attached hydrogen (secondary N) is 1. The minimum absolute atomic E-state index is 0.0484. The van der Waals surface area contributed by atoms with Crippen LogP contribution in [0.4, 0.5) is 0 Å². The third kappa shape index (κ3) is 4.59. The maximum absolute atomic E-state index is 11.0. The second-order valence-corrected chi connectivity index (χ2v) is 5.12. The predicted octanol–water partition coefficient (Wildman–Crippen LogP) is -0.492. The van der Waals surface area contributed by atoms with Crippen molar-refractivity contribution in [3.63, 3.8) is 0 Å². The van der Waals surface area contributed by atoms with Crippen LogP contribution in [0.2, 0.25) is 0 Å². The Kier molecular flexibility index (Phi) is 5.19. The molecule has 0 atom stereocenters. The average Bonchev–Trinajstić information content (AvgIpc) is 2.10. The first-order valence-electron chi connectivity index (χ1n) is 4.76. The summed E-state index contributed by atoms with van der Waals surface area (Å²) in [5.41, 5.74) is -1.05. The van der Waals surface area contributed by atoms with Gasteiger partial charge in [0.25, 0.3) is 0 Å². The lowest BCUT2D eigenvalue weighted by atomic mass is 9.93.